The number of aliphatic hydroxyl groups excluding tert-OH is 1. The molecule has 0 saturated carbocycles. The van der Waals surface area contributed by atoms with Gasteiger partial charge in [-0.3, -0.25) is 0 Å². The number of ether oxygens (including phenoxy) is 1. The number of halogens is 1. The highest BCUT2D eigenvalue weighted by molar-refractivity contribution is 5.40. The molecule has 4 heteroatoms. The molecular weight excluding hydrogens is 269 g/mol. The molecule has 1 aliphatic carbocycles. The van der Waals surface area contributed by atoms with E-state index in [1.165, 1.54) is 6.07 Å². The number of fused-ring (bicyclic) bond motifs is 1. The van der Waals surface area contributed by atoms with Crippen molar-refractivity contribution >= 4 is 0 Å². The van der Waals surface area contributed by atoms with Gasteiger partial charge in [0.2, 0.25) is 0 Å². The highest BCUT2D eigenvalue weighted by Gasteiger charge is 2.20. The molecule has 3 nitrogen and oxygen atoms in total. The maximum Gasteiger partial charge on any atom is 0.131 e. The smallest absolute Gasteiger partial charge is 0.131 e. The number of aryl methyl sites for hydroxylation is 1. The Morgan fingerprint density at radius 1 is 1.29 bits per heavy atom. The van der Waals surface area contributed by atoms with Crippen molar-refractivity contribution in [2.75, 3.05) is 0 Å². The number of hydrogen-bond donors (Lipinski definition) is 1. The van der Waals surface area contributed by atoms with Crippen LogP contribution >= 0.6 is 0 Å². The van der Waals surface area contributed by atoms with Crippen LogP contribution < -0.4 is 4.74 Å². The summed E-state index contributed by atoms with van der Waals surface area (Å²) in [5.41, 5.74) is 2.74. The van der Waals surface area contributed by atoms with Crippen molar-refractivity contribution in [2.24, 2.45) is 0 Å². The molecule has 0 radical (unpaired) electrons. The van der Waals surface area contributed by atoms with Gasteiger partial charge in [-0.15, -0.1) is 0 Å². The summed E-state index contributed by atoms with van der Waals surface area (Å²) in [6.07, 6.45) is 1.19. The van der Waals surface area contributed by atoms with Crippen molar-refractivity contribution in [3.05, 3.63) is 64.5 Å². The Hall–Kier alpha value is -2.38. The van der Waals surface area contributed by atoms with Gasteiger partial charge < -0.3 is 9.84 Å². The Morgan fingerprint density at radius 2 is 2.14 bits per heavy atom. The van der Waals surface area contributed by atoms with Gasteiger partial charge in [-0.2, -0.15) is 5.26 Å². The van der Waals surface area contributed by atoms with Gasteiger partial charge >= 0.3 is 0 Å². The van der Waals surface area contributed by atoms with Crippen LogP contribution in [0.3, 0.4) is 0 Å². The molecule has 0 unspecified atom stereocenters. The predicted octanol–water partition coefficient (Wildman–Crippen LogP) is 3.26. The van der Waals surface area contributed by atoms with Crippen LogP contribution in [0, 0.1) is 17.1 Å². The molecule has 1 aliphatic rings. The van der Waals surface area contributed by atoms with E-state index < -0.39 is 5.82 Å². The summed E-state index contributed by atoms with van der Waals surface area (Å²) in [5.74, 6) is 0.220. The van der Waals surface area contributed by atoms with E-state index in [2.05, 4.69) is 0 Å². The monoisotopic (exact) mass is 283 g/mol. The zero-order valence-electron chi connectivity index (χ0n) is 11.3. The van der Waals surface area contributed by atoms with Gasteiger partial charge in [-0.1, -0.05) is 12.1 Å². The van der Waals surface area contributed by atoms with E-state index in [0.29, 0.717) is 16.9 Å². The van der Waals surface area contributed by atoms with Gasteiger partial charge in [0.1, 0.15) is 18.2 Å². The minimum atomic E-state index is -0.439. The van der Waals surface area contributed by atoms with E-state index >= 15 is 0 Å². The number of benzene rings is 2. The Morgan fingerprint density at radius 3 is 2.90 bits per heavy atom. The molecule has 0 heterocycles. The summed E-state index contributed by atoms with van der Waals surface area (Å²) in [5, 5.41) is 18.5. The minimum Gasteiger partial charge on any atom is -0.489 e. The Labute approximate surface area is 122 Å². The third kappa shape index (κ3) is 2.74. The Bertz CT molecular complexity index is 721. The molecule has 2 aromatic rings. The average molecular weight is 283 g/mol. The summed E-state index contributed by atoms with van der Waals surface area (Å²) in [6.45, 7) is 0.110. The maximum absolute atomic E-state index is 13.7. The van der Waals surface area contributed by atoms with Crippen molar-refractivity contribution < 1.29 is 14.2 Å². The summed E-state index contributed by atoms with van der Waals surface area (Å²) in [4.78, 5) is 0. The van der Waals surface area contributed by atoms with E-state index in [-0.39, 0.29) is 12.7 Å². The van der Waals surface area contributed by atoms with Crippen molar-refractivity contribution in [2.45, 2.75) is 25.6 Å². The fourth-order valence-electron chi connectivity index (χ4n) is 2.56. The molecule has 0 spiro atoms. The van der Waals surface area contributed by atoms with E-state index in [9.17, 15) is 9.50 Å². The van der Waals surface area contributed by atoms with Gasteiger partial charge in [0.25, 0.3) is 0 Å². The molecule has 106 valence electrons. The summed E-state index contributed by atoms with van der Waals surface area (Å²) >= 11 is 0. The van der Waals surface area contributed by atoms with Crippen LogP contribution in [0.4, 0.5) is 4.39 Å². The first-order valence-corrected chi connectivity index (χ1v) is 6.79. The van der Waals surface area contributed by atoms with Crippen LogP contribution in [0.2, 0.25) is 0 Å². The van der Waals surface area contributed by atoms with Gasteiger partial charge in [0, 0.05) is 5.56 Å². The predicted molar refractivity (Wildman–Crippen MR) is 75.2 cm³/mol. The van der Waals surface area contributed by atoms with Crippen molar-refractivity contribution in [1.29, 1.82) is 5.26 Å². The second-order valence-corrected chi connectivity index (χ2v) is 5.12. The zero-order chi connectivity index (χ0) is 14.8. The first kappa shape index (κ1) is 13.6. The Kier molecular flexibility index (Phi) is 3.59. The molecule has 0 saturated heterocycles. The summed E-state index contributed by atoms with van der Waals surface area (Å²) in [7, 11) is 0. The van der Waals surface area contributed by atoms with E-state index in [1.807, 2.05) is 18.2 Å². The molecule has 21 heavy (non-hydrogen) atoms. The van der Waals surface area contributed by atoms with Crippen LogP contribution in [-0.4, -0.2) is 5.11 Å². The lowest BCUT2D eigenvalue weighted by Gasteiger charge is -2.10. The molecular formula is C17H14FNO2. The number of rotatable bonds is 3. The topological polar surface area (TPSA) is 53.2 Å². The first-order chi connectivity index (χ1) is 10.2. The van der Waals surface area contributed by atoms with E-state index in [1.54, 1.807) is 18.2 Å². The van der Waals surface area contributed by atoms with E-state index in [0.717, 1.165) is 24.0 Å². The van der Waals surface area contributed by atoms with Crippen LogP contribution in [0.5, 0.6) is 5.75 Å². The van der Waals surface area contributed by atoms with Crippen molar-refractivity contribution in [3.8, 4) is 11.8 Å². The van der Waals surface area contributed by atoms with Crippen molar-refractivity contribution in [1.82, 2.24) is 0 Å². The molecule has 3 rings (SSSR count). The first-order valence-electron chi connectivity index (χ1n) is 6.79. The van der Waals surface area contributed by atoms with Gasteiger partial charge in [-0.05, 0) is 48.2 Å². The summed E-state index contributed by atoms with van der Waals surface area (Å²) in [6, 6.07) is 11.8. The van der Waals surface area contributed by atoms with E-state index in [4.69, 9.17) is 10.00 Å². The molecule has 1 N–H and O–H groups in total. The van der Waals surface area contributed by atoms with Crippen LogP contribution in [0.25, 0.3) is 0 Å². The summed E-state index contributed by atoms with van der Waals surface area (Å²) < 4.78 is 19.3. The average Bonchev–Trinajstić information content (AvgIpc) is 2.87. The minimum absolute atomic E-state index is 0.110. The van der Waals surface area contributed by atoms with Crippen LogP contribution in [-0.2, 0) is 13.0 Å². The van der Waals surface area contributed by atoms with Crippen LogP contribution in [0.15, 0.2) is 36.4 Å². The maximum atomic E-state index is 13.7. The number of nitriles is 1. The van der Waals surface area contributed by atoms with Crippen molar-refractivity contribution in [3.63, 3.8) is 0 Å². The lowest BCUT2D eigenvalue weighted by Crippen LogP contribution is -1.99. The van der Waals surface area contributed by atoms with Gasteiger partial charge in [0.15, 0.2) is 0 Å². The third-order valence-corrected chi connectivity index (χ3v) is 3.74. The van der Waals surface area contributed by atoms with Crippen LogP contribution in [0.1, 0.15) is 34.8 Å². The van der Waals surface area contributed by atoms with Gasteiger partial charge in [-0.25, -0.2) is 4.39 Å². The quantitative estimate of drug-likeness (QED) is 0.940. The molecule has 0 amide bonds. The van der Waals surface area contributed by atoms with Gasteiger partial charge in [0.05, 0.1) is 17.7 Å². The second-order valence-electron chi connectivity index (χ2n) is 5.12. The highest BCUT2D eigenvalue weighted by atomic mass is 19.1. The number of aliphatic hydroxyl groups is 1. The highest BCUT2D eigenvalue weighted by Crippen LogP contribution is 2.33. The molecule has 0 fully saturated rings. The third-order valence-electron chi connectivity index (χ3n) is 3.74. The largest absolute Gasteiger partial charge is 0.489 e. The lowest BCUT2D eigenvalue weighted by molar-refractivity contribution is 0.180. The standard InChI is InChI=1S/C17H14FNO2/c18-16-7-11(9-19)1-2-13(16)10-21-14-4-5-15-12(8-14)3-6-17(15)20/h1-2,4-5,7-8,17,20H,3,6,10H2/t17-/m1/s1. The number of nitrogens with zero attached hydrogens (tertiary/aromatic N) is 1. The second kappa shape index (κ2) is 5.55. The normalized spacial score (nSPS) is 16.3. The zero-order valence-corrected chi connectivity index (χ0v) is 11.3. The molecule has 1 atom stereocenters. The molecule has 0 bridgehead atoms. The molecule has 0 aliphatic heterocycles. The fourth-order valence-corrected chi connectivity index (χ4v) is 2.56. The molecule has 0 aromatic heterocycles. The Balaban J connectivity index is 1.72. The fraction of sp³-hybridized carbons (Fsp3) is 0.235. The SMILES string of the molecule is N#Cc1ccc(COc2ccc3c(c2)CC[C@H]3O)c(F)c1. The molecule has 2 aromatic carbocycles. The number of hydrogen-bond acceptors (Lipinski definition) is 3. The lowest BCUT2D eigenvalue weighted by atomic mass is 10.1.